The second kappa shape index (κ2) is 6.44. The second-order valence-electron chi connectivity index (χ2n) is 5.71. The molecule has 2 heterocycles. The summed E-state index contributed by atoms with van der Waals surface area (Å²) in [5, 5.41) is 3.51. The van der Waals surface area contributed by atoms with Gasteiger partial charge in [-0.3, -0.25) is 4.79 Å². The molecule has 2 rings (SSSR count). The summed E-state index contributed by atoms with van der Waals surface area (Å²) in [6.45, 7) is 10.4. The Morgan fingerprint density at radius 2 is 2.05 bits per heavy atom. The Bertz CT molecular complexity index is 473. The SMILES string of the molecule is CCN(CC1CCCCN1)C(=O)c1c(C)oc(C)c1C. The van der Waals surface area contributed by atoms with Crippen LogP contribution < -0.4 is 5.32 Å². The summed E-state index contributed by atoms with van der Waals surface area (Å²) >= 11 is 0. The quantitative estimate of drug-likeness (QED) is 0.921. The molecule has 0 aromatic carbocycles. The van der Waals surface area contributed by atoms with Crippen molar-refractivity contribution in [1.29, 1.82) is 0 Å². The van der Waals surface area contributed by atoms with E-state index in [1.807, 2.05) is 32.6 Å². The summed E-state index contributed by atoms with van der Waals surface area (Å²) < 4.78 is 5.59. The van der Waals surface area contributed by atoms with Crippen LogP contribution in [0.4, 0.5) is 0 Å². The number of aryl methyl sites for hydroxylation is 2. The van der Waals surface area contributed by atoms with Gasteiger partial charge in [-0.25, -0.2) is 0 Å². The van der Waals surface area contributed by atoms with E-state index in [0.717, 1.165) is 48.7 Å². The van der Waals surface area contributed by atoms with Crippen molar-refractivity contribution in [2.45, 2.75) is 53.0 Å². The summed E-state index contributed by atoms with van der Waals surface area (Å²) in [5.74, 6) is 1.68. The summed E-state index contributed by atoms with van der Waals surface area (Å²) in [6.07, 6.45) is 3.66. The zero-order valence-corrected chi connectivity index (χ0v) is 13.1. The van der Waals surface area contributed by atoms with E-state index in [2.05, 4.69) is 5.32 Å². The van der Waals surface area contributed by atoms with Crippen LogP contribution in [0.3, 0.4) is 0 Å². The zero-order chi connectivity index (χ0) is 14.7. The molecule has 1 unspecified atom stereocenters. The maximum atomic E-state index is 12.7. The highest BCUT2D eigenvalue weighted by molar-refractivity contribution is 5.96. The number of rotatable bonds is 4. The van der Waals surface area contributed by atoms with E-state index in [1.54, 1.807) is 0 Å². The molecule has 1 aliphatic heterocycles. The predicted molar refractivity (Wildman–Crippen MR) is 80.1 cm³/mol. The average Bonchev–Trinajstić information content (AvgIpc) is 2.70. The smallest absolute Gasteiger partial charge is 0.257 e. The highest BCUT2D eigenvalue weighted by Gasteiger charge is 2.25. The van der Waals surface area contributed by atoms with Crippen molar-refractivity contribution >= 4 is 5.91 Å². The van der Waals surface area contributed by atoms with Gasteiger partial charge in [0.25, 0.3) is 5.91 Å². The standard InChI is InChI=1S/C16H26N2O2/c1-5-18(10-14-8-6-7-9-17-14)16(19)15-11(2)12(3)20-13(15)4/h14,17H,5-10H2,1-4H3. The number of carbonyl (C=O) groups is 1. The normalized spacial score (nSPS) is 19.1. The molecule has 4 heteroatoms. The van der Waals surface area contributed by atoms with Crippen LogP contribution >= 0.6 is 0 Å². The fourth-order valence-electron chi connectivity index (χ4n) is 2.97. The Kier molecular flexibility index (Phi) is 4.86. The molecule has 1 saturated heterocycles. The van der Waals surface area contributed by atoms with Crippen molar-refractivity contribution in [2.24, 2.45) is 0 Å². The van der Waals surface area contributed by atoms with Gasteiger partial charge in [-0.15, -0.1) is 0 Å². The fourth-order valence-corrected chi connectivity index (χ4v) is 2.97. The van der Waals surface area contributed by atoms with E-state index in [-0.39, 0.29) is 5.91 Å². The molecular formula is C16H26N2O2. The Labute approximate surface area is 121 Å². The minimum absolute atomic E-state index is 0.103. The first-order valence-corrected chi connectivity index (χ1v) is 7.63. The van der Waals surface area contributed by atoms with Gasteiger partial charge in [-0.05, 0) is 47.1 Å². The van der Waals surface area contributed by atoms with E-state index in [9.17, 15) is 4.79 Å². The van der Waals surface area contributed by atoms with Gasteiger partial charge >= 0.3 is 0 Å². The molecule has 1 fully saturated rings. The first-order valence-electron chi connectivity index (χ1n) is 7.63. The first-order chi connectivity index (χ1) is 9.54. The highest BCUT2D eigenvalue weighted by atomic mass is 16.3. The maximum absolute atomic E-state index is 12.7. The van der Waals surface area contributed by atoms with Crippen LogP contribution in [0, 0.1) is 20.8 Å². The molecule has 0 bridgehead atoms. The Morgan fingerprint density at radius 1 is 1.30 bits per heavy atom. The van der Waals surface area contributed by atoms with Crippen molar-refractivity contribution in [3.8, 4) is 0 Å². The van der Waals surface area contributed by atoms with Crippen molar-refractivity contribution in [1.82, 2.24) is 10.2 Å². The van der Waals surface area contributed by atoms with Crippen molar-refractivity contribution in [2.75, 3.05) is 19.6 Å². The van der Waals surface area contributed by atoms with E-state index in [0.29, 0.717) is 6.04 Å². The van der Waals surface area contributed by atoms with Crippen molar-refractivity contribution < 1.29 is 9.21 Å². The van der Waals surface area contributed by atoms with E-state index < -0.39 is 0 Å². The van der Waals surface area contributed by atoms with Crippen LogP contribution in [0.15, 0.2) is 4.42 Å². The molecule has 20 heavy (non-hydrogen) atoms. The van der Waals surface area contributed by atoms with Gasteiger partial charge in [0.2, 0.25) is 0 Å². The molecule has 112 valence electrons. The predicted octanol–water partition coefficient (Wildman–Crippen LogP) is 2.81. The van der Waals surface area contributed by atoms with Crippen LogP contribution in [0.2, 0.25) is 0 Å². The summed E-state index contributed by atoms with van der Waals surface area (Å²) in [6, 6.07) is 0.432. The number of carbonyl (C=O) groups excluding carboxylic acids is 1. The number of hydrogen-bond donors (Lipinski definition) is 1. The van der Waals surface area contributed by atoms with Crippen LogP contribution in [0.25, 0.3) is 0 Å². The molecular weight excluding hydrogens is 252 g/mol. The van der Waals surface area contributed by atoms with Gasteiger partial charge in [-0.1, -0.05) is 6.42 Å². The van der Waals surface area contributed by atoms with Crippen LogP contribution in [-0.2, 0) is 0 Å². The molecule has 1 aliphatic rings. The van der Waals surface area contributed by atoms with Crippen LogP contribution in [-0.4, -0.2) is 36.5 Å². The number of piperidine rings is 1. The van der Waals surface area contributed by atoms with E-state index in [4.69, 9.17) is 4.42 Å². The zero-order valence-electron chi connectivity index (χ0n) is 13.1. The molecule has 0 saturated carbocycles. The average molecular weight is 278 g/mol. The minimum Gasteiger partial charge on any atom is -0.466 e. The molecule has 0 spiro atoms. The monoisotopic (exact) mass is 278 g/mol. The molecule has 1 atom stereocenters. The van der Waals surface area contributed by atoms with Gasteiger partial charge in [0.05, 0.1) is 5.56 Å². The van der Waals surface area contributed by atoms with Crippen molar-refractivity contribution in [3.63, 3.8) is 0 Å². The van der Waals surface area contributed by atoms with Crippen LogP contribution in [0.1, 0.15) is 53.6 Å². The van der Waals surface area contributed by atoms with Gasteiger partial charge in [0.15, 0.2) is 0 Å². The highest BCUT2D eigenvalue weighted by Crippen LogP contribution is 2.22. The van der Waals surface area contributed by atoms with E-state index >= 15 is 0 Å². The number of hydrogen-bond acceptors (Lipinski definition) is 3. The topological polar surface area (TPSA) is 45.5 Å². The first kappa shape index (κ1) is 15.1. The van der Waals surface area contributed by atoms with E-state index in [1.165, 1.54) is 12.8 Å². The summed E-state index contributed by atoms with van der Waals surface area (Å²) in [7, 11) is 0. The number of nitrogens with one attached hydrogen (secondary N) is 1. The third kappa shape index (κ3) is 3.06. The Hall–Kier alpha value is -1.29. The lowest BCUT2D eigenvalue weighted by molar-refractivity contribution is 0.0739. The maximum Gasteiger partial charge on any atom is 0.257 e. The lowest BCUT2D eigenvalue weighted by Crippen LogP contribution is -2.45. The number of nitrogens with zero attached hydrogens (tertiary/aromatic N) is 1. The Morgan fingerprint density at radius 3 is 2.55 bits per heavy atom. The second-order valence-corrected chi connectivity index (χ2v) is 5.71. The molecule has 1 N–H and O–H groups in total. The summed E-state index contributed by atoms with van der Waals surface area (Å²) in [4.78, 5) is 14.7. The molecule has 1 aromatic rings. The van der Waals surface area contributed by atoms with Crippen LogP contribution in [0.5, 0.6) is 0 Å². The number of furan rings is 1. The fraction of sp³-hybridized carbons (Fsp3) is 0.688. The van der Waals surface area contributed by atoms with Gasteiger partial charge < -0.3 is 14.6 Å². The van der Waals surface area contributed by atoms with Gasteiger partial charge in [-0.2, -0.15) is 0 Å². The lowest BCUT2D eigenvalue weighted by atomic mass is 10.0. The van der Waals surface area contributed by atoms with Gasteiger partial charge in [0, 0.05) is 24.7 Å². The van der Waals surface area contributed by atoms with Gasteiger partial charge in [0.1, 0.15) is 11.5 Å². The summed E-state index contributed by atoms with van der Waals surface area (Å²) in [5.41, 5.74) is 1.72. The largest absolute Gasteiger partial charge is 0.466 e. The lowest BCUT2D eigenvalue weighted by Gasteiger charge is -2.30. The van der Waals surface area contributed by atoms with Crippen molar-refractivity contribution in [3.05, 3.63) is 22.6 Å². The molecule has 1 amide bonds. The third-order valence-electron chi connectivity index (χ3n) is 4.30. The minimum atomic E-state index is 0.103. The Balaban J connectivity index is 2.12. The third-order valence-corrected chi connectivity index (χ3v) is 4.30. The molecule has 0 aliphatic carbocycles. The molecule has 1 aromatic heterocycles. The number of amides is 1. The molecule has 0 radical (unpaired) electrons. The molecule has 4 nitrogen and oxygen atoms in total. The number of likely N-dealkylation sites (N-methyl/N-ethyl adjacent to an activating group) is 1.